The molecule has 0 aliphatic heterocycles. The van der Waals surface area contributed by atoms with E-state index < -0.39 is 10.0 Å². The molecule has 0 saturated heterocycles. The minimum absolute atomic E-state index is 0.156. The van der Waals surface area contributed by atoms with Crippen molar-refractivity contribution in [3.63, 3.8) is 0 Å². The summed E-state index contributed by atoms with van der Waals surface area (Å²) in [5.41, 5.74) is 1.58. The van der Waals surface area contributed by atoms with Crippen LogP contribution in [0.5, 0.6) is 0 Å². The molecule has 8 heteroatoms. The van der Waals surface area contributed by atoms with Gasteiger partial charge in [0.15, 0.2) is 5.69 Å². The monoisotopic (exact) mass is 439 g/mol. The predicted octanol–water partition coefficient (Wildman–Crippen LogP) is 4.50. The van der Waals surface area contributed by atoms with Gasteiger partial charge in [-0.15, -0.1) is 0 Å². The molecule has 162 valence electrons. The zero-order valence-electron chi connectivity index (χ0n) is 17.7. The fraction of sp³-hybridized carbons (Fsp3) is 0.304. The molecule has 1 N–H and O–H groups in total. The number of benzene rings is 2. The van der Waals surface area contributed by atoms with E-state index >= 15 is 0 Å². The van der Waals surface area contributed by atoms with Crippen LogP contribution >= 0.6 is 0 Å². The van der Waals surface area contributed by atoms with E-state index in [1.165, 1.54) is 16.4 Å². The van der Waals surface area contributed by atoms with Crippen molar-refractivity contribution >= 4 is 21.6 Å². The van der Waals surface area contributed by atoms with E-state index in [4.69, 9.17) is 4.42 Å². The van der Waals surface area contributed by atoms with Crippen molar-refractivity contribution in [3.8, 4) is 11.5 Å². The molecule has 31 heavy (non-hydrogen) atoms. The number of rotatable bonds is 7. The summed E-state index contributed by atoms with van der Waals surface area (Å²) < 4.78 is 32.5. The molecule has 1 aromatic heterocycles. The van der Waals surface area contributed by atoms with Crippen LogP contribution in [-0.4, -0.2) is 36.7 Å². The predicted molar refractivity (Wildman–Crippen MR) is 118 cm³/mol. The number of nitrogens with one attached hydrogen (secondary N) is 1. The summed E-state index contributed by atoms with van der Waals surface area (Å²) in [7, 11) is -2.03. The largest absolute Gasteiger partial charge is 0.440 e. The van der Waals surface area contributed by atoms with Gasteiger partial charge in [0, 0.05) is 30.3 Å². The van der Waals surface area contributed by atoms with Gasteiger partial charge in [0.05, 0.1) is 4.90 Å². The lowest BCUT2D eigenvalue weighted by atomic mass is 10.2. The summed E-state index contributed by atoms with van der Waals surface area (Å²) in [5.74, 6) is 0.868. The summed E-state index contributed by atoms with van der Waals surface area (Å²) >= 11 is 0. The molecule has 1 heterocycles. The quantitative estimate of drug-likeness (QED) is 0.585. The Kier molecular flexibility index (Phi) is 5.68. The van der Waals surface area contributed by atoms with Gasteiger partial charge in [0.25, 0.3) is 5.91 Å². The Morgan fingerprint density at radius 3 is 2.32 bits per heavy atom. The Hall–Kier alpha value is -2.97. The van der Waals surface area contributed by atoms with Crippen LogP contribution < -0.4 is 5.32 Å². The number of anilines is 1. The molecule has 0 radical (unpaired) electrons. The highest BCUT2D eigenvalue weighted by Crippen LogP contribution is 2.43. The number of hydrogen-bond donors (Lipinski definition) is 1. The van der Waals surface area contributed by atoms with Crippen LogP contribution in [0.1, 0.15) is 48.9 Å². The van der Waals surface area contributed by atoms with E-state index in [2.05, 4.69) is 10.3 Å². The van der Waals surface area contributed by atoms with Crippen molar-refractivity contribution in [2.75, 3.05) is 12.4 Å². The van der Waals surface area contributed by atoms with Crippen LogP contribution in [0.15, 0.2) is 63.9 Å². The molecular weight excluding hydrogens is 414 g/mol. The number of hydrogen-bond acceptors (Lipinski definition) is 5. The highest BCUT2D eigenvalue weighted by molar-refractivity contribution is 7.89. The second kappa shape index (κ2) is 8.28. The SMILES string of the molecule is CC(C)N(C)S(=O)(=O)c1ccc(NC(=O)c2nc(-c3ccccc3)oc2C2CC2)cc1. The summed E-state index contributed by atoms with van der Waals surface area (Å²) in [6, 6.07) is 15.4. The van der Waals surface area contributed by atoms with Gasteiger partial charge in [-0.05, 0) is 63.1 Å². The molecule has 7 nitrogen and oxygen atoms in total. The lowest BCUT2D eigenvalue weighted by Gasteiger charge is -2.21. The molecule has 1 fully saturated rings. The Morgan fingerprint density at radius 1 is 1.10 bits per heavy atom. The Bertz CT molecular complexity index is 1180. The van der Waals surface area contributed by atoms with Crippen molar-refractivity contribution in [2.45, 2.75) is 43.5 Å². The van der Waals surface area contributed by atoms with Gasteiger partial charge in [0.2, 0.25) is 15.9 Å². The van der Waals surface area contributed by atoms with E-state index in [1.807, 2.05) is 44.2 Å². The smallest absolute Gasteiger partial charge is 0.277 e. The van der Waals surface area contributed by atoms with Gasteiger partial charge < -0.3 is 9.73 Å². The zero-order chi connectivity index (χ0) is 22.2. The molecule has 0 unspecified atom stereocenters. The Labute approximate surface area is 182 Å². The summed E-state index contributed by atoms with van der Waals surface area (Å²) in [5, 5.41) is 2.81. The van der Waals surface area contributed by atoms with Gasteiger partial charge in [-0.1, -0.05) is 18.2 Å². The zero-order valence-corrected chi connectivity index (χ0v) is 18.5. The van der Waals surface area contributed by atoms with Gasteiger partial charge in [-0.2, -0.15) is 4.31 Å². The minimum Gasteiger partial charge on any atom is -0.440 e. The first-order valence-electron chi connectivity index (χ1n) is 10.2. The van der Waals surface area contributed by atoms with E-state index in [9.17, 15) is 13.2 Å². The topological polar surface area (TPSA) is 92.5 Å². The lowest BCUT2D eigenvalue weighted by Crippen LogP contribution is -2.33. The van der Waals surface area contributed by atoms with Crippen molar-refractivity contribution in [1.29, 1.82) is 0 Å². The molecule has 1 saturated carbocycles. The average Bonchev–Trinajstić information content (AvgIpc) is 3.51. The van der Waals surface area contributed by atoms with E-state index in [1.54, 1.807) is 19.2 Å². The van der Waals surface area contributed by atoms with Crippen LogP contribution in [0.25, 0.3) is 11.5 Å². The summed E-state index contributed by atoms with van der Waals surface area (Å²) in [6.45, 7) is 3.62. The van der Waals surface area contributed by atoms with Gasteiger partial charge in [-0.3, -0.25) is 4.79 Å². The second-order valence-corrected chi connectivity index (χ2v) is 9.96. The van der Waals surface area contributed by atoms with E-state index in [0.29, 0.717) is 17.3 Å². The number of carbonyl (C=O) groups is 1. The highest BCUT2D eigenvalue weighted by atomic mass is 32.2. The minimum atomic E-state index is -3.58. The number of oxazole rings is 1. The lowest BCUT2D eigenvalue weighted by molar-refractivity contribution is 0.102. The van der Waals surface area contributed by atoms with Crippen LogP contribution in [0.2, 0.25) is 0 Å². The van der Waals surface area contributed by atoms with Gasteiger partial charge >= 0.3 is 0 Å². The standard InChI is InChI=1S/C23H25N3O4S/c1-15(2)26(3)31(28,29)19-13-11-18(12-14-19)24-22(27)20-21(16-9-10-16)30-23(25-20)17-7-5-4-6-8-17/h4-8,11-16H,9-10H2,1-3H3,(H,24,27). The highest BCUT2D eigenvalue weighted by Gasteiger charge is 2.34. The third kappa shape index (κ3) is 4.40. The number of amides is 1. The second-order valence-electron chi connectivity index (χ2n) is 7.97. The first-order chi connectivity index (χ1) is 14.8. The van der Waals surface area contributed by atoms with Crippen LogP contribution in [-0.2, 0) is 10.0 Å². The van der Waals surface area contributed by atoms with Crippen LogP contribution in [0.4, 0.5) is 5.69 Å². The van der Waals surface area contributed by atoms with Crippen molar-refractivity contribution in [2.24, 2.45) is 0 Å². The number of aromatic nitrogens is 1. The number of nitrogens with zero attached hydrogens (tertiary/aromatic N) is 2. The molecular formula is C23H25N3O4S. The van der Waals surface area contributed by atoms with Gasteiger partial charge in [-0.25, -0.2) is 13.4 Å². The molecule has 1 aliphatic rings. The summed E-state index contributed by atoms with van der Waals surface area (Å²) in [4.78, 5) is 17.6. The molecule has 1 amide bonds. The van der Waals surface area contributed by atoms with E-state index in [0.717, 1.165) is 18.4 Å². The molecule has 1 aliphatic carbocycles. The third-order valence-corrected chi connectivity index (χ3v) is 7.40. The Balaban J connectivity index is 1.56. The maximum absolute atomic E-state index is 12.9. The molecule has 2 aromatic carbocycles. The van der Waals surface area contributed by atoms with Crippen molar-refractivity contribution < 1.29 is 17.6 Å². The van der Waals surface area contributed by atoms with Crippen LogP contribution in [0, 0.1) is 0 Å². The third-order valence-electron chi connectivity index (χ3n) is 5.35. The normalized spacial score (nSPS) is 14.2. The molecule has 0 bridgehead atoms. The number of sulfonamides is 1. The maximum Gasteiger partial charge on any atom is 0.277 e. The molecule has 4 rings (SSSR count). The maximum atomic E-state index is 12.9. The van der Waals surface area contributed by atoms with Crippen LogP contribution in [0.3, 0.4) is 0 Å². The number of carbonyl (C=O) groups excluding carboxylic acids is 1. The average molecular weight is 440 g/mol. The molecule has 3 aromatic rings. The fourth-order valence-corrected chi connectivity index (χ4v) is 4.53. The first-order valence-corrected chi connectivity index (χ1v) is 11.7. The van der Waals surface area contributed by atoms with Gasteiger partial charge in [0.1, 0.15) is 5.76 Å². The van der Waals surface area contributed by atoms with E-state index in [-0.39, 0.29) is 28.5 Å². The van der Waals surface area contributed by atoms with Crippen molar-refractivity contribution in [1.82, 2.24) is 9.29 Å². The molecule has 0 spiro atoms. The first kappa shape index (κ1) is 21.3. The van der Waals surface area contributed by atoms with Crippen molar-refractivity contribution in [3.05, 3.63) is 66.1 Å². The Morgan fingerprint density at radius 2 is 1.74 bits per heavy atom. The molecule has 0 atom stereocenters. The summed E-state index contributed by atoms with van der Waals surface area (Å²) in [6.07, 6.45) is 1.94. The fourth-order valence-electron chi connectivity index (χ4n) is 3.17.